The van der Waals surface area contributed by atoms with Gasteiger partial charge in [-0.05, 0) is 56.5 Å². The first-order chi connectivity index (χ1) is 19.6. The molecule has 1 heterocycles. The van der Waals surface area contributed by atoms with Crippen LogP contribution < -0.4 is 15.4 Å². The normalized spacial score (nSPS) is 12.2. The van der Waals surface area contributed by atoms with Gasteiger partial charge in [-0.2, -0.15) is 0 Å². The molecule has 0 radical (unpaired) electrons. The molecular weight excluding hydrogens is 524 g/mol. The van der Waals surface area contributed by atoms with Crippen LogP contribution in [0.15, 0.2) is 52.9 Å². The fourth-order valence-corrected chi connectivity index (χ4v) is 4.10. The number of aliphatic hydroxyl groups excluding tert-OH is 1. The highest BCUT2D eigenvalue weighted by atomic mass is 16.5. The largest absolute Gasteiger partial charge is 0.461 e. The molecule has 41 heavy (non-hydrogen) atoms. The van der Waals surface area contributed by atoms with Crippen molar-refractivity contribution in [2.24, 2.45) is 0 Å². The molecule has 0 aliphatic carbocycles. The highest BCUT2D eigenvalue weighted by Gasteiger charge is 2.22. The Kier molecular flexibility index (Phi) is 11.9. The van der Waals surface area contributed by atoms with Crippen LogP contribution in [0.4, 0.5) is 0 Å². The van der Waals surface area contributed by atoms with Gasteiger partial charge in [0.1, 0.15) is 17.9 Å². The van der Waals surface area contributed by atoms with Crippen LogP contribution in [0, 0.1) is 0 Å². The van der Waals surface area contributed by atoms with Gasteiger partial charge in [-0.1, -0.05) is 51.0 Å². The van der Waals surface area contributed by atoms with E-state index in [0.29, 0.717) is 41.8 Å². The Morgan fingerprint density at radius 3 is 2.39 bits per heavy atom. The lowest BCUT2D eigenvalue weighted by Gasteiger charge is -2.28. The van der Waals surface area contributed by atoms with Gasteiger partial charge in [0.15, 0.2) is 5.76 Å². The Labute approximate surface area is 241 Å². The van der Waals surface area contributed by atoms with Crippen LogP contribution in [0.5, 0.6) is 5.75 Å². The highest BCUT2D eigenvalue weighted by Crippen LogP contribution is 2.26. The smallest absolute Gasteiger partial charge is 0.311 e. The third-order valence-corrected chi connectivity index (χ3v) is 6.66. The zero-order valence-corrected chi connectivity index (χ0v) is 24.5. The van der Waals surface area contributed by atoms with Crippen molar-refractivity contribution >= 4 is 28.8 Å². The molecule has 3 aromatic rings. The molecule has 1 amide bonds. The van der Waals surface area contributed by atoms with Gasteiger partial charge in [0.25, 0.3) is 5.91 Å². The third kappa shape index (κ3) is 10.0. The Hall–Kier alpha value is -3.69. The van der Waals surface area contributed by atoms with E-state index in [1.807, 2.05) is 52.0 Å². The third-order valence-electron chi connectivity index (χ3n) is 6.66. The molecule has 0 aliphatic heterocycles. The summed E-state index contributed by atoms with van der Waals surface area (Å²) in [6.45, 7) is 8.24. The second-order valence-corrected chi connectivity index (χ2v) is 10.8. The van der Waals surface area contributed by atoms with Crippen molar-refractivity contribution in [1.82, 2.24) is 10.6 Å². The van der Waals surface area contributed by atoms with Crippen molar-refractivity contribution in [3.8, 4) is 5.75 Å². The Morgan fingerprint density at radius 1 is 0.976 bits per heavy atom. The van der Waals surface area contributed by atoms with Crippen molar-refractivity contribution in [1.29, 1.82) is 0 Å². The predicted octanol–water partition coefficient (Wildman–Crippen LogP) is 5.59. The lowest BCUT2D eigenvalue weighted by atomic mass is 10.0. The lowest BCUT2D eigenvalue weighted by molar-refractivity contribution is -0.145. The topological polar surface area (TPSA) is 127 Å². The number of hydrogen-bond donors (Lipinski definition) is 3. The number of nitrogens with one attached hydrogen (secondary N) is 2. The minimum Gasteiger partial charge on any atom is -0.461 e. The van der Waals surface area contributed by atoms with E-state index < -0.39 is 11.6 Å². The van der Waals surface area contributed by atoms with Crippen LogP contribution in [-0.2, 0) is 20.9 Å². The number of furan rings is 1. The number of rotatable bonds is 16. The minimum atomic E-state index is -0.903. The van der Waals surface area contributed by atoms with E-state index in [2.05, 4.69) is 10.6 Å². The van der Waals surface area contributed by atoms with Crippen molar-refractivity contribution in [2.75, 3.05) is 13.1 Å². The van der Waals surface area contributed by atoms with E-state index >= 15 is 0 Å². The average Bonchev–Trinajstić information content (AvgIpc) is 3.40. The summed E-state index contributed by atoms with van der Waals surface area (Å²) in [7, 11) is 0. The molecule has 1 aromatic heterocycles. The molecule has 0 saturated heterocycles. The molecule has 2 aromatic carbocycles. The fourth-order valence-electron chi connectivity index (χ4n) is 4.10. The number of fused-ring (bicyclic) bond motifs is 1. The summed E-state index contributed by atoms with van der Waals surface area (Å²) in [4.78, 5) is 37.0. The fraction of sp³-hybridized carbons (Fsp3) is 0.469. The average molecular weight is 567 g/mol. The van der Waals surface area contributed by atoms with Crippen LogP contribution in [0.1, 0.15) is 94.0 Å². The van der Waals surface area contributed by atoms with Crippen molar-refractivity contribution in [3.63, 3.8) is 0 Å². The summed E-state index contributed by atoms with van der Waals surface area (Å²) in [6, 6.07) is 14.1. The van der Waals surface area contributed by atoms with Gasteiger partial charge in [-0.25, -0.2) is 0 Å². The van der Waals surface area contributed by atoms with E-state index in [9.17, 15) is 19.5 Å². The Morgan fingerprint density at radius 2 is 1.68 bits per heavy atom. The van der Waals surface area contributed by atoms with E-state index in [4.69, 9.17) is 13.9 Å². The first-order valence-corrected chi connectivity index (χ1v) is 14.3. The monoisotopic (exact) mass is 566 g/mol. The minimum absolute atomic E-state index is 0.0633. The quantitative estimate of drug-likeness (QED) is 0.151. The molecule has 222 valence electrons. The number of ether oxygens (including phenoxy) is 2. The highest BCUT2D eigenvalue weighted by molar-refractivity contribution is 5.96. The van der Waals surface area contributed by atoms with Crippen molar-refractivity contribution in [3.05, 3.63) is 65.4 Å². The van der Waals surface area contributed by atoms with Gasteiger partial charge in [0.05, 0.1) is 6.10 Å². The van der Waals surface area contributed by atoms with Crippen molar-refractivity contribution < 1.29 is 33.4 Å². The molecule has 1 atom stereocenters. The van der Waals surface area contributed by atoms with Crippen LogP contribution in [0.3, 0.4) is 0 Å². The summed E-state index contributed by atoms with van der Waals surface area (Å²) >= 11 is 0. The number of esters is 2. The molecule has 3 rings (SSSR count). The number of hydrogen-bond acceptors (Lipinski definition) is 8. The first-order valence-electron chi connectivity index (χ1n) is 14.3. The summed E-state index contributed by atoms with van der Waals surface area (Å²) < 4.78 is 16.6. The molecule has 9 heteroatoms. The number of aliphatic hydroxyl groups is 1. The van der Waals surface area contributed by atoms with Gasteiger partial charge in [0, 0.05) is 42.4 Å². The maximum absolute atomic E-state index is 12.6. The number of carbonyl (C=O) groups is 3. The second-order valence-electron chi connectivity index (χ2n) is 10.8. The number of β-amino-alcohol motifs (C(OH)–C–C–N with tert-alkyl or cyclic N) is 1. The van der Waals surface area contributed by atoms with Gasteiger partial charge in [-0.15, -0.1) is 0 Å². The standard InChI is InChI=1S/C32H42N2O7/c1-5-7-13-29(36)39-20-24-17-22(15-16-27(24)41-30(37)14-8-6-2)25(35)19-34-32(3,4)21-33-31(38)28-18-23-11-9-10-12-26(23)40-28/h9-12,15-18,25,34-35H,5-8,13-14,19-21H2,1-4H3,(H,33,38). The van der Waals surface area contributed by atoms with Crippen LogP contribution in [0.25, 0.3) is 11.0 Å². The van der Waals surface area contributed by atoms with Gasteiger partial charge in [-0.3, -0.25) is 14.4 Å². The predicted molar refractivity (Wildman–Crippen MR) is 157 cm³/mol. The molecule has 1 unspecified atom stereocenters. The summed E-state index contributed by atoms with van der Waals surface area (Å²) in [6.07, 6.45) is 2.91. The zero-order valence-electron chi connectivity index (χ0n) is 24.5. The molecule has 9 nitrogen and oxygen atoms in total. The Bertz CT molecular complexity index is 1280. The summed E-state index contributed by atoms with van der Waals surface area (Å²) in [5.41, 5.74) is 1.19. The molecule has 0 fully saturated rings. The number of carbonyl (C=O) groups excluding carboxylic acids is 3. The number of benzene rings is 2. The lowest BCUT2D eigenvalue weighted by Crippen LogP contribution is -2.50. The molecule has 0 saturated carbocycles. The van der Waals surface area contributed by atoms with Crippen LogP contribution >= 0.6 is 0 Å². The maximum atomic E-state index is 12.6. The van der Waals surface area contributed by atoms with E-state index in [1.54, 1.807) is 24.3 Å². The van der Waals surface area contributed by atoms with Gasteiger partial charge in [0.2, 0.25) is 0 Å². The summed E-state index contributed by atoms with van der Waals surface area (Å²) in [5.74, 6) is -0.452. The summed E-state index contributed by atoms with van der Waals surface area (Å²) in [5, 5.41) is 18.0. The van der Waals surface area contributed by atoms with Crippen molar-refractivity contribution in [2.45, 2.75) is 84.5 Å². The van der Waals surface area contributed by atoms with Crippen LogP contribution in [0.2, 0.25) is 0 Å². The number of para-hydroxylation sites is 1. The Balaban J connectivity index is 1.60. The SMILES string of the molecule is CCCCC(=O)OCc1cc(C(O)CNC(C)(C)CNC(=O)c2cc3ccccc3o2)ccc1OC(=O)CCCC. The van der Waals surface area contributed by atoms with E-state index in [0.717, 1.165) is 31.1 Å². The van der Waals surface area contributed by atoms with Crippen LogP contribution in [-0.4, -0.2) is 41.6 Å². The molecule has 0 bridgehead atoms. The first kappa shape index (κ1) is 31.8. The molecule has 3 N–H and O–H groups in total. The molecule has 0 spiro atoms. The maximum Gasteiger partial charge on any atom is 0.311 e. The van der Waals surface area contributed by atoms with E-state index in [-0.39, 0.29) is 36.8 Å². The van der Waals surface area contributed by atoms with Gasteiger partial charge < -0.3 is 29.6 Å². The zero-order chi connectivity index (χ0) is 29.8. The second kappa shape index (κ2) is 15.3. The number of unbranched alkanes of at least 4 members (excludes halogenated alkanes) is 2. The molecule has 0 aliphatic rings. The molecular formula is C32H42N2O7. The number of amides is 1. The van der Waals surface area contributed by atoms with E-state index in [1.165, 1.54) is 0 Å². The van der Waals surface area contributed by atoms with Gasteiger partial charge >= 0.3 is 11.9 Å².